The summed E-state index contributed by atoms with van der Waals surface area (Å²) in [5, 5.41) is 9.38. The Hall–Kier alpha value is -1.62. The van der Waals surface area contributed by atoms with E-state index in [0.717, 1.165) is 12.1 Å². The maximum absolute atomic E-state index is 12.4. The predicted molar refractivity (Wildman–Crippen MR) is 69.1 cm³/mol. The van der Waals surface area contributed by atoms with Crippen molar-refractivity contribution in [3.05, 3.63) is 23.4 Å². The minimum absolute atomic E-state index is 0.00640. The normalized spacial score (nSPS) is 23.4. The zero-order valence-electron chi connectivity index (χ0n) is 10.8. The van der Waals surface area contributed by atoms with Gasteiger partial charge >= 0.3 is 0 Å². The topological polar surface area (TPSA) is 79.5 Å². The van der Waals surface area contributed by atoms with Crippen molar-refractivity contribution < 1.29 is 9.90 Å². The van der Waals surface area contributed by atoms with Gasteiger partial charge in [0.2, 0.25) is 0 Å². The number of anilines is 1. The molecule has 1 aromatic heterocycles. The van der Waals surface area contributed by atoms with Crippen LogP contribution >= 0.6 is 0 Å². The third-order valence-corrected chi connectivity index (χ3v) is 3.55. The Morgan fingerprint density at radius 2 is 2.33 bits per heavy atom. The van der Waals surface area contributed by atoms with Gasteiger partial charge in [-0.2, -0.15) is 0 Å². The Labute approximate surface area is 107 Å². The van der Waals surface area contributed by atoms with Gasteiger partial charge in [-0.3, -0.25) is 4.79 Å². The summed E-state index contributed by atoms with van der Waals surface area (Å²) >= 11 is 0. The second kappa shape index (κ2) is 4.94. The number of nitrogen functional groups attached to an aromatic ring is 1. The van der Waals surface area contributed by atoms with E-state index < -0.39 is 0 Å². The molecule has 98 valence electrons. The minimum atomic E-state index is -0.0906. The molecule has 0 spiro atoms. The van der Waals surface area contributed by atoms with Crippen LogP contribution in [0.15, 0.2) is 12.1 Å². The van der Waals surface area contributed by atoms with E-state index in [9.17, 15) is 9.90 Å². The van der Waals surface area contributed by atoms with Crippen LogP contribution in [0.25, 0.3) is 0 Å². The molecule has 0 bridgehead atoms. The Bertz CT molecular complexity index is 441. The number of likely N-dealkylation sites (tertiary alicyclic amines) is 1. The van der Waals surface area contributed by atoms with Gasteiger partial charge in [0.25, 0.3) is 5.91 Å². The van der Waals surface area contributed by atoms with Gasteiger partial charge in [0, 0.05) is 17.8 Å². The van der Waals surface area contributed by atoms with Crippen LogP contribution in [-0.4, -0.2) is 40.1 Å². The molecule has 18 heavy (non-hydrogen) atoms. The summed E-state index contributed by atoms with van der Waals surface area (Å²) in [4.78, 5) is 18.2. The Balaban J connectivity index is 2.25. The van der Waals surface area contributed by atoms with E-state index in [0.29, 0.717) is 23.8 Å². The molecule has 1 amide bonds. The lowest BCUT2D eigenvalue weighted by Crippen LogP contribution is -2.39. The summed E-state index contributed by atoms with van der Waals surface area (Å²) in [6.45, 7) is 4.56. The van der Waals surface area contributed by atoms with E-state index in [1.165, 1.54) is 0 Å². The van der Waals surface area contributed by atoms with Crippen LogP contribution in [-0.2, 0) is 0 Å². The number of aromatic nitrogens is 1. The van der Waals surface area contributed by atoms with Crippen LogP contribution in [0.3, 0.4) is 0 Å². The number of aliphatic hydroxyl groups excluding tert-OH is 1. The fraction of sp³-hybridized carbons (Fsp3) is 0.538. The summed E-state index contributed by atoms with van der Waals surface area (Å²) in [5.74, 6) is 0.612. The maximum Gasteiger partial charge on any atom is 0.254 e. The summed E-state index contributed by atoms with van der Waals surface area (Å²) in [6, 6.07) is 3.23. The highest BCUT2D eigenvalue weighted by Gasteiger charge is 2.34. The summed E-state index contributed by atoms with van der Waals surface area (Å²) in [6.07, 6.45) is 0.927. The van der Waals surface area contributed by atoms with Crippen molar-refractivity contribution in [1.29, 1.82) is 0 Å². The largest absolute Gasteiger partial charge is 0.394 e. The molecule has 1 aromatic rings. The molecular weight excluding hydrogens is 230 g/mol. The van der Waals surface area contributed by atoms with E-state index in [-0.39, 0.29) is 18.6 Å². The molecular formula is C13H19N3O2. The van der Waals surface area contributed by atoms with Crippen molar-refractivity contribution >= 4 is 11.7 Å². The first-order chi connectivity index (χ1) is 8.52. The second-order valence-electron chi connectivity index (χ2n) is 4.94. The molecule has 3 N–H and O–H groups in total. The molecule has 0 aromatic carbocycles. The third-order valence-electron chi connectivity index (χ3n) is 3.55. The molecule has 0 aliphatic carbocycles. The van der Waals surface area contributed by atoms with Gasteiger partial charge in [0.05, 0.1) is 12.6 Å². The summed E-state index contributed by atoms with van der Waals surface area (Å²) < 4.78 is 0. The SMILES string of the molecule is Cc1cc(C(=O)N2CCC(C)C2CO)cc(N)n1. The highest BCUT2D eigenvalue weighted by atomic mass is 16.3. The van der Waals surface area contributed by atoms with Crippen molar-refractivity contribution in [1.82, 2.24) is 9.88 Å². The van der Waals surface area contributed by atoms with Crippen LogP contribution < -0.4 is 5.73 Å². The summed E-state index contributed by atoms with van der Waals surface area (Å²) in [7, 11) is 0. The molecule has 2 unspecified atom stereocenters. The first-order valence-corrected chi connectivity index (χ1v) is 6.19. The highest BCUT2D eigenvalue weighted by molar-refractivity contribution is 5.95. The van der Waals surface area contributed by atoms with E-state index in [4.69, 9.17) is 5.73 Å². The number of aliphatic hydroxyl groups is 1. The molecule has 0 saturated carbocycles. The van der Waals surface area contributed by atoms with Crippen LogP contribution in [0.5, 0.6) is 0 Å². The minimum Gasteiger partial charge on any atom is -0.394 e. The zero-order chi connectivity index (χ0) is 13.3. The van der Waals surface area contributed by atoms with Gasteiger partial charge in [0.15, 0.2) is 0 Å². The molecule has 2 heterocycles. The van der Waals surface area contributed by atoms with Gasteiger partial charge in [0.1, 0.15) is 5.82 Å². The summed E-state index contributed by atoms with van der Waals surface area (Å²) in [5.41, 5.74) is 6.94. The Morgan fingerprint density at radius 3 is 2.94 bits per heavy atom. The number of carbonyl (C=O) groups excluding carboxylic acids is 1. The first kappa shape index (κ1) is 12.8. The molecule has 1 aliphatic rings. The monoisotopic (exact) mass is 249 g/mol. The molecule has 1 fully saturated rings. The van der Waals surface area contributed by atoms with Crippen LogP contribution in [0.2, 0.25) is 0 Å². The van der Waals surface area contributed by atoms with E-state index in [1.54, 1.807) is 17.0 Å². The number of hydrogen-bond donors (Lipinski definition) is 2. The van der Waals surface area contributed by atoms with Gasteiger partial charge in [-0.25, -0.2) is 4.98 Å². The lowest BCUT2D eigenvalue weighted by molar-refractivity contribution is 0.0648. The number of amides is 1. The Morgan fingerprint density at radius 1 is 1.61 bits per heavy atom. The number of pyridine rings is 1. The molecule has 1 aliphatic heterocycles. The zero-order valence-corrected chi connectivity index (χ0v) is 10.8. The van der Waals surface area contributed by atoms with Crippen molar-refractivity contribution in [3.63, 3.8) is 0 Å². The van der Waals surface area contributed by atoms with E-state index in [1.807, 2.05) is 6.92 Å². The fourth-order valence-electron chi connectivity index (χ4n) is 2.52. The van der Waals surface area contributed by atoms with E-state index in [2.05, 4.69) is 11.9 Å². The Kier molecular flexibility index (Phi) is 3.52. The second-order valence-corrected chi connectivity index (χ2v) is 4.94. The lowest BCUT2D eigenvalue weighted by atomic mass is 10.0. The quantitative estimate of drug-likeness (QED) is 0.813. The van der Waals surface area contributed by atoms with Crippen molar-refractivity contribution in [2.45, 2.75) is 26.3 Å². The van der Waals surface area contributed by atoms with Crippen LogP contribution in [0.4, 0.5) is 5.82 Å². The van der Waals surface area contributed by atoms with E-state index >= 15 is 0 Å². The number of hydrogen-bond acceptors (Lipinski definition) is 4. The lowest BCUT2D eigenvalue weighted by Gasteiger charge is -2.25. The first-order valence-electron chi connectivity index (χ1n) is 6.19. The number of carbonyl (C=O) groups is 1. The third kappa shape index (κ3) is 2.31. The molecule has 2 atom stereocenters. The number of aryl methyl sites for hydroxylation is 1. The standard InChI is InChI=1S/C13H19N3O2/c1-8-3-4-16(11(8)7-17)13(18)10-5-9(2)15-12(14)6-10/h5-6,8,11,17H,3-4,7H2,1-2H3,(H2,14,15). The molecule has 5 heteroatoms. The number of rotatable bonds is 2. The molecule has 2 rings (SSSR count). The fourth-order valence-corrected chi connectivity index (χ4v) is 2.52. The smallest absolute Gasteiger partial charge is 0.254 e. The number of nitrogens with zero attached hydrogens (tertiary/aromatic N) is 2. The molecule has 5 nitrogen and oxygen atoms in total. The van der Waals surface area contributed by atoms with Gasteiger partial charge < -0.3 is 15.7 Å². The van der Waals surface area contributed by atoms with Crippen LogP contribution in [0.1, 0.15) is 29.4 Å². The van der Waals surface area contributed by atoms with Gasteiger partial charge in [-0.05, 0) is 31.4 Å². The van der Waals surface area contributed by atoms with Gasteiger partial charge in [-0.15, -0.1) is 0 Å². The van der Waals surface area contributed by atoms with Crippen molar-refractivity contribution in [2.75, 3.05) is 18.9 Å². The highest BCUT2D eigenvalue weighted by Crippen LogP contribution is 2.25. The average Bonchev–Trinajstić information content (AvgIpc) is 2.68. The number of nitrogens with two attached hydrogens (primary N) is 1. The molecule has 0 radical (unpaired) electrons. The predicted octanol–water partition coefficient (Wildman–Crippen LogP) is 0.815. The van der Waals surface area contributed by atoms with Gasteiger partial charge in [-0.1, -0.05) is 6.92 Å². The van der Waals surface area contributed by atoms with Crippen molar-refractivity contribution in [2.24, 2.45) is 5.92 Å². The molecule has 1 saturated heterocycles. The van der Waals surface area contributed by atoms with Crippen molar-refractivity contribution in [3.8, 4) is 0 Å². The maximum atomic E-state index is 12.4. The average molecular weight is 249 g/mol. The van der Waals surface area contributed by atoms with Crippen LogP contribution in [0, 0.1) is 12.8 Å².